The molecule has 0 aliphatic heterocycles. The van der Waals surface area contributed by atoms with Crippen LogP contribution in [0.1, 0.15) is 24.8 Å². The van der Waals surface area contributed by atoms with Gasteiger partial charge in [0.1, 0.15) is 11.1 Å². The van der Waals surface area contributed by atoms with E-state index >= 15 is 0 Å². The Morgan fingerprint density at radius 3 is 2.45 bits per heavy atom. The van der Waals surface area contributed by atoms with E-state index in [9.17, 15) is 9.18 Å². The van der Waals surface area contributed by atoms with Crippen LogP contribution in [0, 0.1) is 0 Å². The van der Waals surface area contributed by atoms with Crippen LogP contribution < -0.4 is 16.6 Å². The Kier molecular flexibility index (Phi) is 5.47. The van der Waals surface area contributed by atoms with Gasteiger partial charge in [0.2, 0.25) is 11.7 Å². The molecule has 33 heavy (non-hydrogen) atoms. The zero-order valence-electron chi connectivity index (χ0n) is 18.1. The van der Waals surface area contributed by atoms with E-state index in [4.69, 9.17) is 15.3 Å². The fraction of sp³-hybridized carbons (Fsp3) is 0.280. The maximum absolute atomic E-state index is 13.8. The van der Waals surface area contributed by atoms with E-state index in [1.54, 1.807) is 0 Å². The van der Waals surface area contributed by atoms with E-state index in [-0.39, 0.29) is 35.7 Å². The van der Waals surface area contributed by atoms with Gasteiger partial charge in [-0.05, 0) is 30.4 Å². The van der Waals surface area contributed by atoms with Crippen LogP contribution in [0.4, 0.5) is 10.3 Å². The van der Waals surface area contributed by atoms with Crippen LogP contribution in [-0.2, 0) is 12.3 Å². The minimum absolute atomic E-state index is 0.00867. The van der Waals surface area contributed by atoms with Gasteiger partial charge in [0.25, 0.3) is 5.56 Å². The zero-order valence-corrected chi connectivity index (χ0v) is 18.1. The number of alkyl halides is 1. The highest BCUT2D eigenvalue weighted by Crippen LogP contribution is 2.42. The van der Waals surface area contributed by atoms with E-state index in [0.29, 0.717) is 11.3 Å². The van der Waals surface area contributed by atoms with Crippen LogP contribution >= 0.6 is 0 Å². The second kappa shape index (κ2) is 8.46. The van der Waals surface area contributed by atoms with Gasteiger partial charge in [-0.3, -0.25) is 4.79 Å². The molecule has 2 aromatic heterocycles. The summed E-state index contributed by atoms with van der Waals surface area (Å²) in [4.78, 5) is 17.7. The molecule has 0 spiro atoms. The first-order valence-electron chi connectivity index (χ1n) is 11.0. The molecular formula is C25H25FN4O3. The fourth-order valence-electron chi connectivity index (χ4n) is 4.38. The van der Waals surface area contributed by atoms with Crippen LogP contribution in [0.5, 0.6) is 0 Å². The second-order valence-electron chi connectivity index (χ2n) is 8.38. The minimum Gasteiger partial charge on any atom is -0.437 e. The first-order chi connectivity index (χ1) is 16.1. The number of halogens is 1. The molecule has 4 N–H and O–H groups in total. The molecule has 0 saturated heterocycles. The first kappa shape index (κ1) is 21.4. The minimum atomic E-state index is -1.06. The summed E-state index contributed by atoms with van der Waals surface area (Å²) in [6, 6.07) is 17.2. The third kappa shape index (κ3) is 3.61. The Morgan fingerprint density at radius 1 is 1.12 bits per heavy atom. The lowest BCUT2D eigenvalue weighted by Gasteiger charge is -2.38. The average molecular weight is 448 g/mol. The number of nitrogens with two attached hydrogens (primary N) is 1. The number of furan rings is 1. The number of benzene rings is 2. The zero-order chi connectivity index (χ0) is 23.0. The number of hydrogen-bond acceptors (Lipinski definition) is 6. The summed E-state index contributed by atoms with van der Waals surface area (Å²) < 4.78 is 20.9. The Labute approximate surface area is 189 Å². The van der Waals surface area contributed by atoms with Gasteiger partial charge in [-0.1, -0.05) is 54.6 Å². The van der Waals surface area contributed by atoms with E-state index in [2.05, 4.69) is 10.3 Å². The van der Waals surface area contributed by atoms with Crippen molar-refractivity contribution in [1.82, 2.24) is 9.55 Å². The summed E-state index contributed by atoms with van der Waals surface area (Å²) in [5.74, 6) is 0.492. The summed E-state index contributed by atoms with van der Waals surface area (Å²) >= 11 is 0. The fourth-order valence-corrected chi connectivity index (χ4v) is 4.38. The Hall–Kier alpha value is -3.49. The maximum atomic E-state index is 13.8. The second-order valence-corrected chi connectivity index (χ2v) is 8.38. The number of anilines is 1. The molecule has 2 heterocycles. The molecule has 1 fully saturated rings. The molecule has 0 amide bonds. The topological polar surface area (TPSA) is 106 Å². The summed E-state index contributed by atoms with van der Waals surface area (Å²) in [6.45, 7) is -1.12. The van der Waals surface area contributed by atoms with Crippen LogP contribution in [0.25, 0.3) is 33.6 Å². The van der Waals surface area contributed by atoms with Crippen molar-refractivity contribution < 1.29 is 13.9 Å². The van der Waals surface area contributed by atoms with Crippen LogP contribution in [0.15, 0.2) is 63.8 Å². The SMILES string of the molecule is NC1(c2ccc(-c3oc4nc(NCCO)n(CF)c(=O)c4c3-c3ccccc3)cc2)CCC1. The van der Waals surface area contributed by atoms with Crippen LogP contribution in [0.2, 0.25) is 0 Å². The first-order valence-corrected chi connectivity index (χ1v) is 11.0. The lowest BCUT2D eigenvalue weighted by Crippen LogP contribution is -2.43. The van der Waals surface area contributed by atoms with Crippen molar-refractivity contribution in [2.75, 3.05) is 18.5 Å². The normalized spacial score (nSPS) is 14.9. The predicted octanol–water partition coefficient (Wildman–Crippen LogP) is 3.99. The molecular weight excluding hydrogens is 423 g/mol. The van der Waals surface area contributed by atoms with Gasteiger partial charge in [0.05, 0.1) is 6.61 Å². The molecule has 0 radical (unpaired) electrons. The smallest absolute Gasteiger partial charge is 0.269 e. The van der Waals surface area contributed by atoms with Crippen molar-refractivity contribution >= 4 is 17.0 Å². The summed E-state index contributed by atoms with van der Waals surface area (Å²) in [7, 11) is 0. The number of aliphatic hydroxyl groups excluding tert-OH is 1. The Balaban J connectivity index is 1.73. The van der Waals surface area contributed by atoms with Crippen molar-refractivity contribution in [3.63, 3.8) is 0 Å². The third-order valence-electron chi connectivity index (χ3n) is 6.36. The third-order valence-corrected chi connectivity index (χ3v) is 6.36. The molecule has 0 bridgehead atoms. The van der Waals surface area contributed by atoms with Crippen LogP contribution in [0.3, 0.4) is 0 Å². The summed E-state index contributed by atoms with van der Waals surface area (Å²) in [5, 5.41) is 12.1. The number of nitrogens with one attached hydrogen (secondary N) is 1. The number of nitrogens with zero attached hydrogens (tertiary/aromatic N) is 2. The monoisotopic (exact) mass is 448 g/mol. The molecule has 5 rings (SSSR count). The van der Waals surface area contributed by atoms with E-state index < -0.39 is 12.4 Å². The van der Waals surface area contributed by atoms with Gasteiger partial charge >= 0.3 is 0 Å². The quantitative estimate of drug-likeness (QED) is 0.395. The molecule has 8 heteroatoms. The number of hydrogen-bond donors (Lipinski definition) is 3. The van der Waals surface area contributed by atoms with Crippen molar-refractivity contribution in [3.8, 4) is 22.5 Å². The molecule has 0 atom stereocenters. The molecule has 1 aliphatic rings. The summed E-state index contributed by atoms with van der Waals surface area (Å²) in [6.07, 6.45) is 3.05. The highest BCUT2D eigenvalue weighted by atomic mass is 19.1. The lowest BCUT2D eigenvalue weighted by atomic mass is 9.72. The van der Waals surface area contributed by atoms with E-state index in [1.807, 2.05) is 54.6 Å². The van der Waals surface area contributed by atoms with Gasteiger partial charge in [-0.2, -0.15) is 4.98 Å². The molecule has 1 saturated carbocycles. The van der Waals surface area contributed by atoms with Gasteiger partial charge < -0.3 is 20.6 Å². The van der Waals surface area contributed by atoms with Gasteiger partial charge in [-0.25, -0.2) is 8.96 Å². The van der Waals surface area contributed by atoms with Gasteiger partial charge in [-0.15, -0.1) is 0 Å². The predicted molar refractivity (Wildman–Crippen MR) is 126 cm³/mol. The van der Waals surface area contributed by atoms with Gasteiger partial charge in [0, 0.05) is 23.2 Å². The molecule has 0 unspecified atom stereocenters. The molecule has 7 nitrogen and oxygen atoms in total. The largest absolute Gasteiger partial charge is 0.437 e. The van der Waals surface area contributed by atoms with Crippen LogP contribution in [-0.4, -0.2) is 27.8 Å². The molecule has 1 aliphatic carbocycles. The van der Waals surface area contributed by atoms with Crippen molar-refractivity contribution in [2.24, 2.45) is 5.73 Å². The maximum Gasteiger partial charge on any atom is 0.269 e. The van der Waals surface area contributed by atoms with E-state index in [1.165, 1.54) is 0 Å². The van der Waals surface area contributed by atoms with Crippen molar-refractivity contribution in [2.45, 2.75) is 31.6 Å². The molecule has 4 aromatic rings. The summed E-state index contributed by atoms with van der Waals surface area (Å²) in [5.41, 5.74) is 8.92. The van der Waals surface area contributed by atoms with E-state index in [0.717, 1.165) is 40.5 Å². The Morgan fingerprint density at radius 2 is 1.85 bits per heavy atom. The highest BCUT2D eigenvalue weighted by Gasteiger charge is 2.34. The standard InChI is InChI=1S/C25H25FN4O3/c26-15-30-23(32)20-19(16-5-2-1-3-6-16)21(33-22(20)29-24(30)28-13-14-31)17-7-9-18(10-8-17)25(27)11-4-12-25/h1-3,5-10,31H,4,11-15,27H2,(H,28,29). The molecule has 2 aromatic carbocycles. The lowest BCUT2D eigenvalue weighted by molar-refractivity contribution is 0.253. The number of aliphatic hydroxyl groups is 1. The molecule has 170 valence electrons. The Bertz CT molecular complexity index is 1340. The van der Waals surface area contributed by atoms with Crippen molar-refractivity contribution in [1.29, 1.82) is 0 Å². The number of aromatic nitrogens is 2. The number of fused-ring (bicyclic) bond motifs is 1. The number of rotatable bonds is 7. The van der Waals surface area contributed by atoms with Crippen molar-refractivity contribution in [3.05, 3.63) is 70.5 Å². The van der Waals surface area contributed by atoms with Gasteiger partial charge in [0.15, 0.2) is 6.80 Å². The highest BCUT2D eigenvalue weighted by molar-refractivity contribution is 6.00. The average Bonchev–Trinajstić information content (AvgIpc) is 3.21.